The summed E-state index contributed by atoms with van der Waals surface area (Å²) in [6.45, 7) is 2.31. The van der Waals surface area contributed by atoms with Gasteiger partial charge in [0.05, 0.1) is 10.4 Å². The van der Waals surface area contributed by atoms with Crippen LogP contribution in [0.3, 0.4) is 0 Å². The van der Waals surface area contributed by atoms with Gasteiger partial charge in [0.1, 0.15) is 0 Å². The van der Waals surface area contributed by atoms with E-state index in [1.807, 2.05) is 0 Å². The molecule has 1 aromatic heterocycles. The average Bonchev–Trinajstić information content (AvgIpc) is 3.02. The number of aryl methyl sites for hydroxylation is 2. The number of amides is 1. The Hall–Kier alpha value is -0.350. The summed E-state index contributed by atoms with van der Waals surface area (Å²) in [5.74, 6) is 0.933. The molecule has 2 nitrogen and oxygen atoms in total. The summed E-state index contributed by atoms with van der Waals surface area (Å²) in [7, 11) is 0. The largest absolute Gasteiger partial charge is 0.345 e. The Morgan fingerprint density at radius 2 is 2.20 bits per heavy atom. The average molecular weight is 356 g/mol. The fourth-order valence-electron chi connectivity index (χ4n) is 3.35. The molecule has 1 fully saturated rings. The first-order valence-corrected chi connectivity index (χ1v) is 9.56. The summed E-state index contributed by atoms with van der Waals surface area (Å²) >= 11 is 5.32. The van der Waals surface area contributed by atoms with Crippen LogP contribution < -0.4 is 5.32 Å². The van der Waals surface area contributed by atoms with E-state index in [4.69, 9.17) is 0 Å². The molecular weight excluding hydrogens is 334 g/mol. The Labute approximate surface area is 133 Å². The van der Waals surface area contributed by atoms with Crippen LogP contribution in [0.15, 0.2) is 6.07 Å². The zero-order chi connectivity index (χ0) is 14.2. The smallest absolute Gasteiger partial charge is 0.261 e. The third-order valence-electron chi connectivity index (χ3n) is 4.84. The first-order chi connectivity index (χ1) is 9.62. The van der Waals surface area contributed by atoms with Gasteiger partial charge in [0.25, 0.3) is 5.91 Å². The molecule has 0 radical (unpaired) electrons. The molecule has 1 amide bonds. The molecule has 20 heavy (non-hydrogen) atoms. The van der Waals surface area contributed by atoms with Crippen LogP contribution in [0.4, 0.5) is 0 Å². The maximum atomic E-state index is 12.5. The van der Waals surface area contributed by atoms with Gasteiger partial charge in [0, 0.05) is 10.2 Å². The summed E-state index contributed by atoms with van der Waals surface area (Å²) in [5, 5.41) is 4.20. The molecule has 3 rings (SSSR count). The van der Waals surface area contributed by atoms with Crippen LogP contribution in [0.2, 0.25) is 0 Å². The molecule has 2 aliphatic carbocycles. The van der Waals surface area contributed by atoms with E-state index in [-0.39, 0.29) is 11.4 Å². The van der Waals surface area contributed by atoms with Gasteiger partial charge in [-0.1, -0.05) is 22.9 Å². The minimum absolute atomic E-state index is 0.0297. The van der Waals surface area contributed by atoms with Gasteiger partial charge in [-0.25, -0.2) is 0 Å². The van der Waals surface area contributed by atoms with E-state index < -0.39 is 0 Å². The van der Waals surface area contributed by atoms with Crippen LogP contribution >= 0.6 is 27.3 Å². The van der Waals surface area contributed by atoms with Crippen molar-refractivity contribution < 1.29 is 4.79 Å². The highest BCUT2D eigenvalue weighted by Crippen LogP contribution is 2.35. The standard InChI is InChI=1S/C16H22BrNOS/c1-11-5-7-16(10-17,8-6-11)18-15(19)14-9-12-3-2-4-13(12)20-14/h9,11H,2-8,10H2,1H3,(H,18,19). The maximum absolute atomic E-state index is 12.5. The van der Waals surface area contributed by atoms with Crippen molar-refractivity contribution in [1.82, 2.24) is 5.32 Å². The minimum Gasteiger partial charge on any atom is -0.345 e. The summed E-state index contributed by atoms with van der Waals surface area (Å²) in [6, 6.07) is 2.12. The van der Waals surface area contributed by atoms with E-state index in [1.54, 1.807) is 11.3 Å². The number of hydrogen-bond acceptors (Lipinski definition) is 2. The molecule has 0 aliphatic heterocycles. The Bertz CT molecular complexity index is 481. The van der Waals surface area contributed by atoms with Gasteiger partial charge >= 0.3 is 0 Å². The van der Waals surface area contributed by atoms with Gasteiger partial charge in [-0.2, -0.15) is 0 Å². The van der Waals surface area contributed by atoms with Gasteiger partial charge in [-0.05, 0) is 62.5 Å². The lowest BCUT2D eigenvalue weighted by Gasteiger charge is -2.38. The molecule has 1 heterocycles. The lowest BCUT2D eigenvalue weighted by Crippen LogP contribution is -2.51. The Morgan fingerprint density at radius 1 is 1.45 bits per heavy atom. The van der Waals surface area contributed by atoms with Crippen LogP contribution in [0.1, 0.15) is 59.1 Å². The first kappa shape index (κ1) is 14.6. The van der Waals surface area contributed by atoms with Gasteiger partial charge in [-0.3, -0.25) is 4.79 Å². The second kappa shape index (κ2) is 5.80. The fourth-order valence-corrected chi connectivity index (χ4v) is 5.20. The van der Waals surface area contributed by atoms with Crippen molar-refractivity contribution >= 4 is 33.2 Å². The van der Waals surface area contributed by atoms with Crippen molar-refractivity contribution in [3.63, 3.8) is 0 Å². The third-order valence-corrected chi connectivity index (χ3v) is 7.15. The number of hydrogen-bond donors (Lipinski definition) is 1. The summed E-state index contributed by atoms with van der Waals surface area (Å²) in [5.41, 5.74) is 1.38. The number of thiophene rings is 1. The molecule has 0 unspecified atom stereocenters. The summed E-state index contributed by atoms with van der Waals surface area (Å²) in [6.07, 6.45) is 8.19. The first-order valence-electron chi connectivity index (χ1n) is 7.62. The monoisotopic (exact) mass is 355 g/mol. The van der Waals surface area contributed by atoms with Crippen molar-refractivity contribution in [2.24, 2.45) is 5.92 Å². The predicted octanol–water partition coefficient (Wildman–Crippen LogP) is 4.31. The highest BCUT2D eigenvalue weighted by Gasteiger charge is 2.35. The normalized spacial score (nSPS) is 29.2. The number of alkyl halides is 1. The van der Waals surface area contributed by atoms with Crippen LogP contribution in [0.25, 0.3) is 0 Å². The Morgan fingerprint density at radius 3 is 2.85 bits per heavy atom. The number of carbonyl (C=O) groups excluding carboxylic acids is 1. The third kappa shape index (κ3) is 2.82. The van der Waals surface area contributed by atoms with E-state index in [2.05, 4.69) is 34.2 Å². The maximum Gasteiger partial charge on any atom is 0.261 e. The van der Waals surface area contributed by atoms with E-state index >= 15 is 0 Å². The van der Waals surface area contributed by atoms with Crippen molar-refractivity contribution in [1.29, 1.82) is 0 Å². The Kier molecular flexibility index (Phi) is 4.23. The van der Waals surface area contributed by atoms with Crippen molar-refractivity contribution in [2.45, 2.75) is 57.4 Å². The SMILES string of the molecule is CC1CCC(CBr)(NC(=O)c2cc3c(s2)CCC3)CC1. The zero-order valence-electron chi connectivity index (χ0n) is 12.0. The molecule has 110 valence electrons. The topological polar surface area (TPSA) is 29.1 Å². The van der Waals surface area contributed by atoms with Gasteiger partial charge in [0.15, 0.2) is 0 Å². The lowest BCUT2D eigenvalue weighted by atomic mass is 9.78. The van der Waals surface area contributed by atoms with Gasteiger partial charge < -0.3 is 5.32 Å². The van der Waals surface area contributed by atoms with Crippen molar-refractivity contribution in [3.8, 4) is 0 Å². The van der Waals surface area contributed by atoms with E-state index in [0.717, 1.165) is 41.8 Å². The van der Waals surface area contributed by atoms with Crippen LogP contribution in [0, 0.1) is 5.92 Å². The number of nitrogens with one attached hydrogen (secondary N) is 1. The highest BCUT2D eigenvalue weighted by molar-refractivity contribution is 9.09. The van der Waals surface area contributed by atoms with Gasteiger partial charge in [-0.15, -0.1) is 11.3 Å². The summed E-state index contributed by atoms with van der Waals surface area (Å²) < 4.78 is 0. The second-order valence-corrected chi connectivity index (χ2v) is 8.16. The highest BCUT2D eigenvalue weighted by atomic mass is 79.9. The van der Waals surface area contributed by atoms with E-state index in [1.165, 1.54) is 29.7 Å². The molecule has 2 aliphatic rings. The quantitative estimate of drug-likeness (QED) is 0.804. The Balaban J connectivity index is 1.70. The molecular formula is C16H22BrNOS. The molecule has 0 saturated heterocycles. The molecule has 0 atom stereocenters. The minimum atomic E-state index is -0.0297. The molecule has 0 spiro atoms. The van der Waals surface area contributed by atoms with Gasteiger partial charge in [0.2, 0.25) is 0 Å². The molecule has 1 aromatic rings. The lowest BCUT2D eigenvalue weighted by molar-refractivity contribution is 0.0878. The van der Waals surface area contributed by atoms with E-state index in [0.29, 0.717) is 0 Å². The van der Waals surface area contributed by atoms with E-state index in [9.17, 15) is 4.79 Å². The van der Waals surface area contributed by atoms with Crippen molar-refractivity contribution in [2.75, 3.05) is 5.33 Å². The number of carbonyl (C=O) groups is 1. The molecule has 4 heteroatoms. The van der Waals surface area contributed by atoms with Crippen molar-refractivity contribution in [3.05, 3.63) is 21.4 Å². The molecule has 0 bridgehead atoms. The molecule has 0 aromatic carbocycles. The van der Waals surface area contributed by atoms with Crippen LogP contribution in [-0.2, 0) is 12.8 Å². The summed E-state index contributed by atoms with van der Waals surface area (Å²) in [4.78, 5) is 14.9. The molecule has 1 saturated carbocycles. The number of halogens is 1. The fraction of sp³-hybridized carbons (Fsp3) is 0.688. The van der Waals surface area contributed by atoms with Crippen LogP contribution in [-0.4, -0.2) is 16.8 Å². The zero-order valence-corrected chi connectivity index (χ0v) is 14.4. The number of rotatable bonds is 3. The predicted molar refractivity (Wildman–Crippen MR) is 88.0 cm³/mol. The number of fused-ring (bicyclic) bond motifs is 1. The van der Waals surface area contributed by atoms with Crippen LogP contribution in [0.5, 0.6) is 0 Å². The molecule has 1 N–H and O–H groups in total. The second-order valence-electron chi connectivity index (χ2n) is 6.46.